The lowest BCUT2D eigenvalue weighted by molar-refractivity contribution is -0.123. The molecule has 0 spiro atoms. The predicted molar refractivity (Wildman–Crippen MR) is 182 cm³/mol. The molecule has 2 aromatic carbocycles. The summed E-state index contributed by atoms with van der Waals surface area (Å²) >= 11 is 0. The standard InChI is InChI=1S/C40H46N2O2/c1-3-5-7-9-11-13-17-29-19-15-21-31-23-25-41-35(37(29)31)27-33(39(41)43)34-28-36-38-30(18-14-12-10-8-6-4-2)20-16-22-32(38)24-26-42(36)40(34)44/h15-16,19-28H,3-14,17-18H2,1-2H3. The summed E-state index contributed by atoms with van der Waals surface area (Å²) in [6.45, 7) is 4.50. The Balaban J connectivity index is 1.29. The van der Waals surface area contributed by atoms with Crippen LogP contribution in [0.1, 0.15) is 124 Å². The fraction of sp³-hybridized carbons (Fsp3) is 0.400. The summed E-state index contributed by atoms with van der Waals surface area (Å²) < 4.78 is 0. The highest BCUT2D eigenvalue weighted by atomic mass is 16.2. The summed E-state index contributed by atoms with van der Waals surface area (Å²) in [5.41, 5.74) is 9.87. The quantitative estimate of drug-likeness (QED) is 0.163. The third-order valence-corrected chi connectivity index (χ3v) is 9.55. The van der Waals surface area contributed by atoms with Crippen molar-refractivity contribution in [1.82, 2.24) is 9.80 Å². The molecule has 44 heavy (non-hydrogen) atoms. The Morgan fingerprint density at radius 2 is 0.932 bits per heavy atom. The number of carbonyl (C=O) groups is 2. The van der Waals surface area contributed by atoms with Crippen LogP contribution in [0.4, 0.5) is 0 Å². The van der Waals surface area contributed by atoms with Crippen molar-refractivity contribution in [2.24, 2.45) is 0 Å². The van der Waals surface area contributed by atoms with Gasteiger partial charge in [0.25, 0.3) is 11.8 Å². The highest BCUT2D eigenvalue weighted by molar-refractivity contribution is 6.20. The Labute approximate surface area is 263 Å². The van der Waals surface area contributed by atoms with E-state index in [1.54, 1.807) is 9.80 Å². The van der Waals surface area contributed by atoms with Crippen LogP contribution in [-0.2, 0) is 22.4 Å². The summed E-state index contributed by atoms with van der Waals surface area (Å²) in [6, 6.07) is 12.9. The molecule has 0 N–H and O–H groups in total. The number of benzene rings is 2. The third kappa shape index (κ3) is 5.92. The lowest BCUT2D eigenvalue weighted by atomic mass is 9.92. The van der Waals surface area contributed by atoms with Crippen LogP contribution >= 0.6 is 0 Å². The molecule has 2 aromatic rings. The smallest absolute Gasteiger partial charge is 0.263 e. The molecule has 0 fully saturated rings. The maximum atomic E-state index is 13.9. The van der Waals surface area contributed by atoms with E-state index >= 15 is 0 Å². The number of nitrogens with zero attached hydrogens (tertiary/aromatic N) is 2. The van der Waals surface area contributed by atoms with Crippen molar-refractivity contribution in [3.05, 3.63) is 105 Å². The number of amides is 2. The lowest BCUT2D eigenvalue weighted by Crippen LogP contribution is -2.25. The van der Waals surface area contributed by atoms with Gasteiger partial charge in [0.15, 0.2) is 0 Å². The summed E-state index contributed by atoms with van der Waals surface area (Å²) in [5, 5.41) is 0. The van der Waals surface area contributed by atoms with E-state index in [1.165, 1.54) is 75.3 Å². The average Bonchev–Trinajstić information content (AvgIpc) is 3.56. The fourth-order valence-electron chi connectivity index (χ4n) is 7.14. The van der Waals surface area contributed by atoms with E-state index in [-0.39, 0.29) is 11.8 Å². The van der Waals surface area contributed by atoms with Gasteiger partial charge in [-0.1, -0.05) is 114 Å². The first-order valence-corrected chi connectivity index (χ1v) is 17.1. The molecule has 0 bridgehead atoms. The highest BCUT2D eigenvalue weighted by Crippen LogP contribution is 2.43. The molecule has 0 aliphatic carbocycles. The molecule has 6 rings (SSSR count). The molecule has 0 atom stereocenters. The highest BCUT2D eigenvalue weighted by Gasteiger charge is 2.39. The van der Waals surface area contributed by atoms with Crippen molar-refractivity contribution in [2.75, 3.05) is 0 Å². The molecule has 0 saturated heterocycles. The minimum absolute atomic E-state index is 0.124. The van der Waals surface area contributed by atoms with Crippen molar-refractivity contribution >= 4 is 35.4 Å². The van der Waals surface area contributed by atoms with E-state index in [2.05, 4.69) is 50.2 Å². The number of hydrogen-bond donors (Lipinski definition) is 0. The molecule has 0 radical (unpaired) electrons. The summed E-state index contributed by atoms with van der Waals surface area (Å²) in [7, 11) is 0. The molecule has 0 unspecified atom stereocenters. The molecule has 4 nitrogen and oxygen atoms in total. The van der Waals surface area contributed by atoms with Gasteiger partial charge < -0.3 is 0 Å². The first-order valence-electron chi connectivity index (χ1n) is 17.1. The first-order chi connectivity index (χ1) is 21.6. The molecular formula is C40H46N2O2. The van der Waals surface area contributed by atoms with Gasteiger partial charge in [0.2, 0.25) is 0 Å². The van der Waals surface area contributed by atoms with Crippen LogP contribution in [0.5, 0.6) is 0 Å². The Morgan fingerprint density at radius 1 is 0.523 bits per heavy atom. The molecule has 4 heteroatoms. The molecule has 0 aromatic heterocycles. The monoisotopic (exact) mass is 586 g/mol. The van der Waals surface area contributed by atoms with Crippen molar-refractivity contribution in [1.29, 1.82) is 0 Å². The zero-order valence-electron chi connectivity index (χ0n) is 26.5. The van der Waals surface area contributed by atoms with Gasteiger partial charge in [-0.05, 0) is 72.2 Å². The Morgan fingerprint density at radius 3 is 1.36 bits per heavy atom. The normalized spacial score (nSPS) is 18.0. The number of fused-ring (bicyclic) bond motifs is 6. The summed E-state index contributed by atoms with van der Waals surface area (Å²) in [4.78, 5) is 31.2. The third-order valence-electron chi connectivity index (χ3n) is 9.55. The largest absolute Gasteiger partial charge is 0.283 e. The number of aryl methyl sites for hydroxylation is 2. The minimum Gasteiger partial charge on any atom is -0.283 e. The van der Waals surface area contributed by atoms with Gasteiger partial charge in [-0.2, -0.15) is 0 Å². The zero-order valence-corrected chi connectivity index (χ0v) is 26.5. The zero-order chi connectivity index (χ0) is 30.5. The van der Waals surface area contributed by atoms with Gasteiger partial charge in [0.05, 0.1) is 22.5 Å². The van der Waals surface area contributed by atoms with Gasteiger partial charge in [-0.15, -0.1) is 0 Å². The minimum atomic E-state index is -0.124. The van der Waals surface area contributed by atoms with Crippen LogP contribution in [0.2, 0.25) is 0 Å². The molecule has 4 aliphatic rings. The van der Waals surface area contributed by atoms with E-state index < -0.39 is 0 Å². The number of hydrogen-bond acceptors (Lipinski definition) is 2. The van der Waals surface area contributed by atoms with Gasteiger partial charge in [0, 0.05) is 23.5 Å². The van der Waals surface area contributed by atoms with Gasteiger partial charge in [-0.3, -0.25) is 19.4 Å². The number of unbranched alkanes of at least 4 members (excludes halogenated alkanes) is 10. The van der Waals surface area contributed by atoms with Crippen LogP contribution in [0.3, 0.4) is 0 Å². The summed E-state index contributed by atoms with van der Waals surface area (Å²) in [5.74, 6) is -0.248. The van der Waals surface area contributed by atoms with Gasteiger partial charge in [-0.25, -0.2) is 0 Å². The van der Waals surface area contributed by atoms with Crippen molar-refractivity contribution in [3.63, 3.8) is 0 Å². The maximum absolute atomic E-state index is 13.9. The lowest BCUT2D eigenvalue weighted by Gasteiger charge is -2.25. The molecular weight excluding hydrogens is 540 g/mol. The van der Waals surface area contributed by atoms with E-state index in [9.17, 15) is 9.59 Å². The first kappa shape index (κ1) is 30.1. The van der Waals surface area contributed by atoms with E-state index in [4.69, 9.17) is 0 Å². The number of carbonyl (C=O) groups excluding carboxylic acids is 2. The van der Waals surface area contributed by atoms with Crippen molar-refractivity contribution in [2.45, 2.75) is 104 Å². The van der Waals surface area contributed by atoms with Gasteiger partial charge >= 0.3 is 0 Å². The topological polar surface area (TPSA) is 40.6 Å². The Kier molecular flexibility index (Phi) is 9.45. The molecule has 2 amide bonds. The van der Waals surface area contributed by atoms with Gasteiger partial charge in [0.1, 0.15) is 0 Å². The number of rotatable bonds is 14. The van der Waals surface area contributed by atoms with Crippen LogP contribution in [0.25, 0.3) is 23.5 Å². The van der Waals surface area contributed by atoms with E-state index in [0.717, 1.165) is 59.3 Å². The second-order valence-corrected chi connectivity index (χ2v) is 12.7. The van der Waals surface area contributed by atoms with E-state index in [1.807, 2.05) is 36.7 Å². The Hall–Kier alpha value is -3.92. The maximum Gasteiger partial charge on any atom is 0.263 e. The Bertz CT molecular complexity index is 1470. The van der Waals surface area contributed by atoms with Crippen molar-refractivity contribution in [3.8, 4) is 0 Å². The molecule has 0 saturated carbocycles. The average molecular weight is 587 g/mol. The summed E-state index contributed by atoms with van der Waals surface area (Å²) in [6.07, 6.45) is 28.8. The molecule has 4 heterocycles. The van der Waals surface area contributed by atoms with Crippen LogP contribution < -0.4 is 0 Å². The second kappa shape index (κ2) is 13.8. The molecule has 228 valence electrons. The van der Waals surface area contributed by atoms with Crippen LogP contribution in [0.15, 0.2) is 72.1 Å². The van der Waals surface area contributed by atoms with Crippen LogP contribution in [-0.4, -0.2) is 21.6 Å². The second-order valence-electron chi connectivity index (χ2n) is 12.7. The molecule has 4 aliphatic heterocycles. The predicted octanol–water partition coefficient (Wildman–Crippen LogP) is 9.82. The van der Waals surface area contributed by atoms with Crippen molar-refractivity contribution < 1.29 is 9.59 Å². The fourth-order valence-corrected chi connectivity index (χ4v) is 7.14. The SMILES string of the molecule is CCCCCCCCc1cccc2c1C1=CC(=C3C=C4c5c(cccc5CCCCCCCC)C=CN4C3=O)C(=O)N1C=C2. The van der Waals surface area contributed by atoms with Crippen LogP contribution in [0, 0.1) is 0 Å². The van der Waals surface area contributed by atoms with E-state index in [0.29, 0.717) is 11.1 Å².